The predicted molar refractivity (Wildman–Crippen MR) is 109 cm³/mol. The number of hydrogen-bond acceptors (Lipinski definition) is 3. The molecule has 0 atom stereocenters. The van der Waals surface area contributed by atoms with Crippen LogP contribution in [0.5, 0.6) is 0 Å². The molecule has 0 aliphatic rings. The van der Waals surface area contributed by atoms with Crippen molar-refractivity contribution < 1.29 is 14.0 Å². The van der Waals surface area contributed by atoms with Crippen LogP contribution in [-0.4, -0.2) is 23.3 Å². The van der Waals surface area contributed by atoms with Crippen LogP contribution in [0.4, 0.5) is 4.39 Å². The summed E-state index contributed by atoms with van der Waals surface area (Å²) >= 11 is 0. The molecule has 0 bridgehead atoms. The molecule has 0 spiro atoms. The lowest BCUT2D eigenvalue weighted by Crippen LogP contribution is -2.28. The van der Waals surface area contributed by atoms with Crippen molar-refractivity contribution in [2.24, 2.45) is 0 Å². The molecule has 0 fully saturated rings. The van der Waals surface area contributed by atoms with Gasteiger partial charge in [0.05, 0.1) is 0 Å². The molecule has 1 aromatic heterocycles. The van der Waals surface area contributed by atoms with Gasteiger partial charge in [-0.25, -0.2) is 9.37 Å². The van der Waals surface area contributed by atoms with Crippen molar-refractivity contribution in [2.45, 2.75) is 19.9 Å². The maximum Gasteiger partial charge on any atom is 0.270 e. The topological polar surface area (TPSA) is 71.1 Å². The fourth-order valence-electron chi connectivity index (χ4n) is 2.86. The molecular weight excluding hydrogens is 369 g/mol. The summed E-state index contributed by atoms with van der Waals surface area (Å²) in [5, 5.41) is 5.52. The zero-order valence-electron chi connectivity index (χ0n) is 16.1. The fraction of sp³-hybridized carbons (Fsp3) is 0.174. The highest BCUT2D eigenvalue weighted by atomic mass is 19.1. The maximum atomic E-state index is 13.6. The van der Waals surface area contributed by atoms with E-state index in [1.165, 1.54) is 12.1 Å². The van der Waals surface area contributed by atoms with Crippen LogP contribution >= 0.6 is 0 Å². The highest BCUT2D eigenvalue weighted by Gasteiger charge is 2.12. The fourth-order valence-corrected chi connectivity index (χ4v) is 2.86. The summed E-state index contributed by atoms with van der Waals surface area (Å²) in [5.74, 6) is -1.06. The number of pyridine rings is 1. The number of amides is 2. The molecule has 148 valence electrons. The zero-order chi connectivity index (χ0) is 20.6. The van der Waals surface area contributed by atoms with E-state index in [1.807, 2.05) is 31.2 Å². The van der Waals surface area contributed by atoms with Crippen molar-refractivity contribution in [3.63, 3.8) is 0 Å². The molecule has 2 amide bonds. The third-order valence-corrected chi connectivity index (χ3v) is 4.55. The molecule has 0 saturated carbocycles. The second-order valence-corrected chi connectivity index (χ2v) is 6.61. The quantitative estimate of drug-likeness (QED) is 0.648. The first-order valence-corrected chi connectivity index (χ1v) is 9.36. The molecule has 1 heterocycles. The van der Waals surface area contributed by atoms with E-state index in [2.05, 4.69) is 15.6 Å². The van der Waals surface area contributed by atoms with E-state index < -0.39 is 5.91 Å². The molecule has 3 aromatic rings. The standard InChI is InChI=1S/C23H22FN3O2/c1-16-7-2-3-9-18(16)15-26-23(29)21-12-6-11-20(27-21)22(28)25-14-13-17-8-4-5-10-19(17)24/h2-12H,13-15H2,1H3,(H,25,28)(H,26,29). The molecule has 0 unspecified atom stereocenters. The first-order chi connectivity index (χ1) is 14.0. The number of nitrogens with one attached hydrogen (secondary N) is 2. The summed E-state index contributed by atoms with van der Waals surface area (Å²) < 4.78 is 13.6. The molecular formula is C23H22FN3O2. The van der Waals surface area contributed by atoms with Crippen LogP contribution in [0.15, 0.2) is 66.7 Å². The van der Waals surface area contributed by atoms with E-state index >= 15 is 0 Å². The van der Waals surface area contributed by atoms with Gasteiger partial charge in [-0.3, -0.25) is 9.59 Å². The second-order valence-electron chi connectivity index (χ2n) is 6.61. The van der Waals surface area contributed by atoms with Crippen LogP contribution in [0.2, 0.25) is 0 Å². The van der Waals surface area contributed by atoms with E-state index in [-0.39, 0.29) is 29.7 Å². The minimum Gasteiger partial charge on any atom is -0.350 e. The lowest BCUT2D eigenvalue weighted by Gasteiger charge is -2.09. The van der Waals surface area contributed by atoms with Gasteiger partial charge >= 0.3 is 0 Å². The number of nitrogens with zero attached hydrogens (tertiary/aromatic N) is 1. The normalized spacial score (nSPS) is 10.4. The van der Waals surface area contributed by atoms with Crippen LogP contribution in [0.25, 0.3) is 0 Å². The van der Waals surface area contributed by atoms with Gasteiger partial charge in [-0.2, -0.15) is 0 Å². The Bertz CT molecular complexity index is 1020. The van der Waals surface area contributed by atoms with Gasteiger partial charge in [0, 0.05) is 13.1 Å². The van der Waals surface area contributed by atoms with Gasteiger partial charge in [0.1, 0.15) is 17.2 Å². The first kappa shape index (κ1) is 20.2. The van der Waals surface area contributed by atoms with Gasteiger partial charge < -0.3 is 10.6 Å². The number of carbonyl (C=O) groups excluding carboxylic acids is 2. The Kier molecular flexibility index (Phi) is 6.68. The van der Waals surface area contributed by atoms with Crippen LogP contribution in [0.3, 0.4) is 0 Å². The molecule has 0 aliphatic carbocycles. The Hall–Kier alpha value is -3.54. The number of aryl methyl sites for hydroxylation is 1. The van der Waals surface area contributed by atoms with E-state index in [1.54, 1.807) is 30.3 Å². The average Bonchev–Trinajstić information content (AvgIpc) is 2.74. The van der Waals surface area contributed by atoms with E-state index in [0.29, 0.717) is 18.5 Å². The summed E-state index contributed by atoms with van der Waals surface area (Å²) in [7, 11) is 0. The number of carbonyl (C=O) groups is 2. The highest BCUT2D eigenvalue weighted by molar-refractivity contribution is 5.96. The number of halogens is 1. The number of hydrogen-bond donors (Lipinski definition) is 2. The van der Waals surface area contributed by atoms with Gasteiger partial charge in [-0.1, -0.05) is 48.5 Å². The van der Waals surface area contributed by atoms with Crippen LogP contribution in [0, 0.1) is 12.7 Å². The SMILES string of the molecule is Cc1ccccc1CNC(=O)c1cccc(C(=O)NCCc2ccccc2F)n1. The Morgan fingerprint density at radius 1 is 0.828 bits per heavy atom. The predicted octanol–water partition coefficient (Wildman–Crippen LogP) is 3.43. The van der Waals surface area contributed by atoms with E-state index in [4.69, 9.17) is 0 Å². The smallest absolute Gasteiger partial charge is 0.270 e. The monoisotopic (exact) mass is 391 g/mol. The van der Waals surface area contributed by atoms with Gasteiger partial charge in [-0.15, -0.1) is 0 Å². The Labute approximate surface area is 169 Å². The van der Waals surface area contributed by atoms with Crippen molar-refractivity contribution in [3.05, 3.63) is 101 Å². The Morgan fingerprint density at radius 3 is 2.14 bits per heavy atom. The van der Waals surface area contributed by atoms with Crippen LogP contribution < -0.4 is 10.6 Å². The van der Waals surface area contributed by atoms with Crippen LogP contribution in [-0.2, 0) is 13.0 Å². The molecule has 5 nitrogen and oxygen atoms in total. The Balaban J connectivity index is 1.56. The van der Waals surface area contributed by atoms with Crippen molar-refractivity contribution in [1.82, 2.24) is 15.6 Å². The van der Waals surface area contributed by atoms with E-state index in [9.17, 15) is 14.0 Å². The summed E-state index contributed by atoms with van der Waals surface area (Å²) in [6.45, 7) is 2.63. The largest absolute Gasteiger partial charge is 0.350 e. The third-order valence-electron chi connectivity index (χ3n) is 4.55. The summed E-state index contributed by atoms with van der Waals surface area (Å²) in [6, 6.07) is 18.9. The molecule has 6 heteroatoms. The zero-order valence-corrected chi connectivity index (χ0v) is 16.1. The lowest BCUT2D eigenvalue weighted by atomic mass is 10.1. The molecule has 3 rings (SSSR count). The maximum absolute atomic E-state index is 13.6. The minimum atomic E-state index is -0.408. The summed E-state index contributed by atoms with van der Waals surface area (Å²) in [4.78, 5) is 28.9. The molecule has 0 aliphatic heterocycles. The van der Waals surface area contributed by atoms with Crippen molar-refractivity contribution in [2.75, 3.05) is 6.54 Å². The summed E-state index contributed by atoms with van der Waals surface area (Å²) in [5.41, 5.74) is 2.94. The van der Waals surface area contributed by atoms with Gasteiger partial charge in [0.25, 0.3) is 11.8 Å². The van der Waals surface area contributed by atoms with E-state index in [0.717, 1.165) is 11.1 Å². The number of benzene rings is 2. The first-order valence-electron chi connectivity index (χ1n) is 9.36. The van der Waals surface area contributed by atoms with Gasteiger partial charge in [-0.05, 0) is 48.2 Å². The Morgan fingerprint density at radius 2 is 1.45 bits per heavy atom. The van der Waals surface area contributed by atoms with Crippen LogP contribution in [0.1, 0.15) is 37.7 Å². The van der Waals surface area contributed by atoms with Crippen molar-refractivity contribution >= 4 is 11.8 Å². The average molecular weight is 391 g/mol. The lowest BCUT2D eigenvalue weighted by molar-refractivity contribution is 0.0943. The third kappa shape index (κ3) is 5.48. The molecule has 0 radical (unpaired) electrons. The molecule has 2 aromatic carbocycles. The van der Waals surface area contributed by atoms with Gasteiger partial charge in [0.2, 0.25) is 0 Å². The molecule has 0 saturated heterocycles. The number of aromatic nitrogens is 1. The van der Waals surface area contributed by atoms with Crippen molar-refractivity contribution in [3.8, 4) is 0 Å². The number of rotatable bonds is 7. The molecule has 29 heavy (non-hydrogen) atoms. The summed E-state index contributed by atoms with van der Waals surface area (Å²) in [6.07, 6.45) is 0.370. The van der Waals surface area contributed by atoms with Crippen molar-refractivity contribution in [1.29, 1.82) is 0 Å². The van der Waals surface area contributed by atoms with Gasteiger partial charge in [0.15, 0.2) is 0 Å². The highest BCUT2D eigenvalue weighted by Crippen LogP contribution is 2.08. The minimum absolute atomic E-state index is 0.141. The second kappa shape index (κ2) is 9.59. The molecule has 2 N–H and O–H groups in total.